The number of phenols is 1. The number of nitrogens with two attached hydrogens (primary N) is 2. The maximum Gasteiger partial charge on any atom is 0.326 e. The third-order valence-electron chi connectivity index (χ3n) is 5.91. The third-order valence-corrected chi connectivity index (χ3v) is 6.55. The highest BCUT2D eigenvalue weighted by atomic mass is 32.2. The fourth-order valence-electron chi connectivity index (χ4n) is 3.77. The Morgan fingerprint density at radius 3 is 1.93 bits per heavy atom. The normalized spacial score (nSPS) is 13.8. The summed E-state index contributed by atoms with van der Waals surface area (Å²) in [5.74, 6) is -3.99. The number of hydrogen-bond acceptors (Lipinski definition) is 8. The van der Waals surface area contributed by atoms with Gasteiger partial charge in [-0.3, -0.25) is 19.2 Å². The summed E-state index contributed by atoms with van der Waals surface area (Å²) in [6.45, 7) is 0. The number of thioether (sulfide) groups is 1. The van der Waals surface area contributed by atoms with Crippen LogP contribution < -0.4 is 27.4 Å². The minimum absolute atomic E-state index is 0.0200. The Balaban J connectivity index is 2.22. The van der Waals surface area contributed by atoms with Gasteiger partial charge in [-0.25, -0.2) is 4.79 Å². The van der Waals surface area contributed by atoms with Gasteiger partial charge in [0.05, 0.1) is 12.5 Å². The molecule has 0 saturated heterocycles. The van der Waals surface area contributed by atoms with Gasteiger partial charge in [-0.1, -0.05) is 42.5 Å². The molecule has 2 aromatic rings. The molecule has 0 aliphatic carbocycles. The molecule has 0 bridgehead atoms. The smallest absolute Gasteiger partial charge is 0.326 e. The van der Waals surface area contributed by atoms with Gasteiger partial charge in [0.2, 0.25) is 23.6 Å². The number of phenolic OH excluding ortho intramolecular Hbond substituents is 1. The molecule has 4 unspecified atom stereocenters. The maximum absolute atomic E-state index is 13.4. The Morgan fingerprint density at radius 1 is 0.800 bits per heavy atom. The van der Waals surface area contributed by atoms with Crippen LogP contribution in [-0.4, -0.2) is 76.0 Å². The second-order valence-electron chi connectivity index (χ2n) is 9.14. The van der Waals surface area contributed by atoms with Crippen molar-refractivity contribution in [3.63, 3.8) is 0 Å². The minimum Gasteiger partial charge on any atom is -0.508 e. The van der Waals surface area contributed by atoms with E-state index in [9.17, 15) is 34.2 Å². The van der Waals surface area contributed by atoms with Gasteiger partial charge in [0.1, 0.15) is 23.9 Å². The molecule has 216 valence electrons. The van der Waals surface area contributed by atoms with Crippen molar-refractivity contribution in [2.75, 3.05) is 12.0 Å². The predicted molar refractivity (Wildman–Crippen MR) is 150 cm³/mol. The summed E-state index contributed by atoms with van der Waals surface area (Å²) in [5.41, 5.74) is 12.7. The van der Waals surface area contributed by atoms with Crippen LogP contribution >= 0.6 is 11.8 Å². The number of hydrogen-bond donors (Lipinski definition) is 7. The van der Waals surface area contributed by atoms with Crippen LogP contribution in [0.15, 0.2) is 54.6 Å². The van der Waals surface area contributed by atoms with E-state index in [0.29, 0.717) is 11.3 Å². The average molecular weight is 574 g/mol. The average Bonchev–Trinajstić information content (AvgIpc) is 2.91. The summed E-state index contributed by atoms with van der Waals surface area (Å²) in [6.07, 6.45) is 1.58. The maximum atomic E-state index is 13.4. The molecule has 2 rings (SSSR count). The van der Waals surface area contributed by atoms with E-state index in [1.807, 2.05) is 30.3 Å². The molecule has 12 nitrogen and oxygen atoms in total. The molecule has 0 spiro atoms. The second kappa shape index (κ2) is 16.1. The van der Waals surface area contributed by atoms with E-state index in [1.165, 1.54) is 23.9 Å². The molecule has 0 radical (unpaired) electrons. The lowest BCUT2D eigenvalue weighted by Gasteiger charge is -2.25. The molecule has 0 fully saturated rings. The molecule has 0 saturated carbocycles. The number of carbonyl (C=O) groups excluding carboxylic acids is 4. The van der Waals surface area contributed by atoms with Crippen molar-refractivity contribution in [2.24, 2.45) is 11.5 Å². The first-order valence-electron chi connectivity index (χ1n) is 12.5. The Bertz CT molecular complexity index is 1160. The first kappa shape index (κ1) is 32.1. The zero-order valence-corrected chi connectivity index (χ0v) is 22.9. The first-order valence-corrected chi connectivity index (χ1v) is 13.9. The fourth-order valence-corrected chi connectivity index (χ4v) is 4.24. The van der Waals surface area contributed by atoms with Crippen LogP contribution in [0.25, 0.3) is 0 Å². The van der Waals surface area contributed by atoms with Crippen LogP contribution in [0, 0.1) is 0 Å². The van der Waals surface area contributed by atoms with E-state index in [0.717, 1.165) is 5.56 Å². The quantitative estimate of drug-likeness (QED) is 0.140. The summed E-state index contributed by atoms with van der Waals surface area (Å²) in [5, 5.41) is 26.4. The number of benzene rings is 2. The number of amides is 4. The highest BCUT2D eigenvalue weighted by molar-refractivity contribution is 7.98. The van der Waals surface area contributed by atoms with Crippen molar-refractivity contribution in [1.29, 1.82) is 0 Å². The molecular weight excluding hydrogens is 538 g/mol. The zero-order valence-electron chi connectivity index (χ0n) is 22.0. The number of carboxylic acid groups (broad SMARTS) is 1. The molecule has 0 aromatic heterocycles. The predicted octanol–water partition coefficient (Wildman–Crippen LogP) is -0.328. The van der Waals surface area contributed by atoms with Crippen LogP contribution in [-0.2, 0) is 36.8 Å². The van der Waals surface area contributed by atoms with E-state index in [4.69, 9.17) is 11.5 Å². The van der Waals surface area contributed by atoms with E-state index < -0.39 is 60.2 Å². The summed E-state index contributed by atoms with van der Waals surface area (Å²) < 4.78 is 0. The van der Waals surface area contributed by atoms with Crippen LogP contribution in [0.1, 0.15) is 24.0 Å². The molecule has 0 aliphatic rings. The van der Waals surface area contributed by atoms with Gasteiger partial charge in [-0.05, 0) is 48.1 Å². The van der Waals surface area contributed by atoms with E-state index in [-0.39, 0.29) is 25.0 Å². The molecule has 40 heavy (non-hydrogen) atoms. The van der Waals surface area contributed by atoms with Crippen molar-refractivity contribution in [3.8, 4) is 5.75 Å². The van der Waals surface area contributed by atoms with E-state index in [1.54, 1.807) is 18.4 Å². The monoisotopic (exact) mass is 573 g/mol. The van der Waals surface area contributed by atoms with Crippen molar-refractivity contribution in [2.45, 2.75) is 49.9 Å². The van der Waals surface area contributed by atoms with Gasteiger partial charge in [-0.15, -0.1) is 0 Å². The van der Waals surface area contributed by atoms with Gasteiger partial charge in [0.15, 0.2) is 0 Å². The van der Waals surface area contributed by atoms with Crippen molar-refractivity contribution in [3.05, 3.63) is 65.7 Å². The Morgan fingerprint density at radius 2 is 1.35 bits per heavy atom. The molecule has 0 aliphatic heterocycles. The number of rotatable bonds is 16. The van der Waals surface area contributed by atoms with Gasteiger partial charge in [0, 0.05) is 6.42 Å². The minimum atomic E-state index is -1.57. The number of carboxylic acids is 1. The first-order chi connectivity index (χ1) is 19.0. The van der Waals surface area contributed by atoms with Gasteiger partial charge in [0.25, 0.3) is 0 Å². The van der Waals surface area contributed by atoms with Crippen molar-refractivity contribution < 1.29 is 34.2 Å². The lowest BCUT2D eigenvalue weighted by molar-refractivity contribution is -0.143. The molecule has 4 atom stereocenters. The standard InChI is InChI=1S/C27H35N5O7S/c1-40-12-11-20(25(36)32-22(27(38)39)15-23(29)34)30-26(37)21(14-17-7-9-18(33)10-8-17)31-24(35)19(28)13-16-5-3-2-4-6-16/h2-10,19-22,33H,11-15,28H2,1H3,(H2,29,34)(H,30,37)(H,31,35)(H,32,36)(H,38,39). The fraction of sp³-hybridized carbons (Fsp3) is 0.370. The summed E-state index contributed by atoms with van der Waals surface area (Å²) in [4.78, 5) is 62.1. The van der Waals surface area contributed by atoms with Crippen molar-refractivity contribution >= 4 is 41.4 Å². The SMILES string of the molecule is CSCCC(NC(=O)C(Cc1ccc(O)cc1)NC(=O)C(N)Cc1ccccc1)C(=O)NC(CC(N)=O)C(=O)O. The second-order valence-corrected chi connectivity index (χ2v) is 10.1. The molecule has 9 N–H and O–H groups in total. The van der Waals surface area contributed by atoms with Crippen LogP contribution in [0.5, 0.6) is 5.75 Å². The lowest BCUT2D eigenvalue weighted by atomic mass is 10.0. The number of aromatic hydroxyl groups is 1. The largest absolute Gasteiger partial charge is 0.508 e. The zero-order chi connectivity index (χ0) is 29.7. The van der Waals surface area contributed by atoms with Crippen LogP contribution in [0.3, 0.4) is 0 Å². The molecule has 0 heterocycles. The van der Waals surface area contributed by atoms with Crippen LogP contribution in [0.2, 0.25) is 0 Å². The number of carbonyl (C=O) groups is 5. The lowest BCUT2D eigenvalue weighted by Crippen LogP contribution is -2.58. The number of primary amides is 1. The topological polar surface area (TPSA) is 214 Å². The van der Waals surface area contributed by atoms with Gasteiger partial charge >= 0.3 is 5.97 Å². The Hall–Kier alpha value is -4.10. The van der Waals surface area contributed by atoms with Crippen molar-refractivity contribution in [1.82, 2.24) is 16.0 Å². The molecule has 4 amide bonds. The highest BCUT2D eigenvalue weighted by Gasteiger charge is 2.31. The summed E-state index contributed by atoms with van der Waals surface area (Å²) >= 11 is 1.41. The van der Waals surface area contributed by atoms with Crippen LogP contribution in [0.4, 0.5) is 0 Å². The Labute approximate surface area is 236 Å². The molecular formula is C27H35N5O7S. The van der Waals surface area contributed by atoms with E-state index in [2.05, 4.69) is 16.0 Å². The number of aliphatic carboxylic acids is 1. The summed E-state index contributed by atoms with van der Waals surface area (Å²) in [7, 11) is 0. The Kier molecular flexibility index (Phi) is 12.9. The molecule has 13 heteroatoms. The van der Waals surface area contributed by atoms with E-state index >= 15 is 0 Å². The summed E-state index contributed by atoms with van der Waals surface area (Å²) in [6, 6.07) is 10.3. The van der Waals surface area contributed by atoms with Gasteiger partial charge < -0.3 is 37.6 Å². The van der Waals surface area contributed by atoms with Gasteiger partial charge in [-0.2, -0.15) is 11.8 Å². The highest BCUT2D eigenvalue weighted by Crippen LogP contribution is 2.13. The third kappa shape index (κ3) is 10.9. The number of nitrogens with one attached hydrogen (secondary N) is 3. The molecule has 2 aromatic carbocycles.